The van der Waals surface area contributed by atoms with Gasteiger partial charge in [0.05, 0.1) is 5.54 Å². The van der Waals surface area contributed by atoms with Gasteiger partial charge < -0.3 is 9.47 Å². The van der Waals surface area contributed by atoms with Gasteiger partial charge in [0.2, 0.25) is 5.82 Å². The number of amides is 1. The Morgan fingerprint density at radius 2 is 1.78 bits per heavy atom. The lowest BCUT2D eigenvalue weighted by atomic mass is 9.83. The second-order valence-corrected chi connectivity index (χ2v) is 7.91. The van der Waals surface area contributed by atoms with Crippen LogP contribution in [0, 0.1) is 0 Å². The highest BCUT2D eigenvalue weighted by atomic mass is 16.2. The highest BCUT2D eigenvalue weighted by molar-refractivity contribution is 5.90. The molecule has 2 aromatic rings. The quantitative estimate of drug-likeness (QED) is 0.820. The van der Waals surface area contributed by atoms with E-state index in [1.807, 2.05) is 0 Å². The molecule has 1 aromatic carbocycles. The first-order valence-electron chi connectivity index (χ1n) is 9.64. The minimum atomic E-state index is -0.122. The smallest absolute Gasteiger partial charge is 0.291 e. The molecule has 2 aliphatic heterocycles. The van der Waals surface area contributed by atoms with E-state index in [1.165, 1.54) is 5.56 Å². The van der Waals surface area contributed by atoms with Crippen LogP contribution in [0.15, 0.2) is 30.3 Å². The number of carbonyl (C=O) groups is 1. The van der Waals surface area contributed by atoms with Crippen molar-refractivity contribution in [2.75, 3.05) is 40.8 Å². The molecule has 7 heteroatoms. The van der Waals surface area contributed by atoms with E-state index in [9.17, 15) is 4.79 Å². The molecular weight excluding hydrogens is 340 g/mol. The second-order valence-electron chi connectivity index (χ2n) is 7.91. The van der Waals surface area contributed by atoms with Crippen LogP contribution in [0.25, 0.3) is 0 Å². The van der Waals surface area contributed by atoms with Crippen LogP contribution in [0.4, 0.5) is 0 Å². The zero-order valence-corrected chi connectivity index (χ0v) is 16.4. The zero-order chi connectivity index (χ0) is 19.0. The van der Waals surface area contributed by atoms with Crippen molar-refractivity contribution in [3.8, 4) is 0 Å². The van der Waals surface area contributed by atoms with Gasteiger partial charge in [-0.15, -0.1) is 10.2 Å². The molecule has 0 unspecified atom stereocenters. The number of rotatable bonds is 3. The van der Waals surface area contributed by atoms with Crippen LogP contribution in [-0.4, -0.2) is 76.1 Å². The van der Waals surface area contributed by atoms with Crippen molar-refractivity contribution in [1.82, 2.24) is 29.5 Å². The average Bonchev–Trinajstić information content (AvgIpc) is 3.11. The number of hydrogen-bond acceptors (Lipinski definition) is 5. The SMILES string of the molecule is CN(C)C(=O)c1nnc2n1CCN(C)C21CCN(Cc2ccccc2)CC1. The molecule has 1 aromatic heterocycles. The van der Waals surface area contributed by atoms with Gasteiger partial charge in [-0.25, -0.2) is 0 Å². The highest BCUT2D eigenvalue weighted by Gasteiger charge is 2.46. The van der Waals surface area contributed by atoms with Crippen LogP contribution in [0.5, 0.6) is 0 Å². The number of aromatic nitrogens is 3. The summed E-state index contributed by atoms with van der Waals surface area (Å²) in [6, 6.07) is 10.6. The van der Waals surface area contributed by atoms with E-state index in [2.05, 4.69) is 61.9 Å². The normalized spacial score (nSPS) is 19.8. The second kappa shape index (κ2) is 7.05. The van der Waals surface area contributed by atoms with E-state index in [0.29, 0.717) is 5.82 Å². The van der Waals surface area contributed by atoms with Gasteiger partial charge in [0, 0.05) is 46.8 Å². The molecule has 3 heterocycles. The first kappa shape index (κ1) is 18.1. The van der Waals surface area contributed by atoms with E-state index >= 15 is 0 Å². The highest BCUT2D eigenvalue weighted by Crippen LogP contribution is 2.40. The number of likely N-dealkylation sites (tertiary alicyclic amines) is 1. The monoisotopic (exact) mass is 368 g/mol. The van der Waals surface area contributed by atoms with Gasteiger partial charge in [-0.3, -0.25) is 14.6 Å². The fraction of sp³-hybridized carbons (Fsp3) is 0.550. The van der Waals surface area contributed by atoms with E-state index in [0.717, 1.165) is 51.4 Å². The van der Waals surface area contributed by atoms with Crippen molar-refractivity contribution in [2.45, 2.75) is 31.5 Å². The summed E-state index contributed by atoms with van der Waals surface area (Å²) in [4.78, 5) is 19.0. The van der Waals surface area contributed by atoms with E-state index < -0.39 is 0 Å². The molecule has 1 fully saturated rings. The van der Waals surface area contributed by atoms with E-state index in [1.54, 1.807) is 19.0 Å². The first-order chi connectivity index (χ1) is 13.0. The van der Waals surface area contributed by atoms with Crippen molar-refractivity contribution in [2.24, 2.45) is 0 Å². The van der Waals surface area contributed by atoms with Gasteiger partial charge in [-0.1, -0.05) is 30.3 Å². The molecule has 1 spiro atoms. The summed E-state index contributed by atoms with van der Waals surface area (Å²) < 4.78 is 2.05. The molecule has 27 heavy (non-hydrogen) atoms. The molecule has 0 saturated carbocycles. The van der Waals surface area contributed by atoms with Crippen LogP contribution in [-0.2, 0) is 18.6 Å². The minimum Gasteiger partial charge on any atom is -0.342 e. The molecule has 1 saturated heterocycles. The topological polar surface area (TPSA) is 57.5 Å². The molecule has 0 N–H and O–H groups in total. The van der Waals surface area contributed by atoms with Gasteiger partial charge in [0.1, 0.15) is 0 Å². The molecule has 144 valence electrons. The van der Waals surface area contributed by atoms with Crippen LogP contribution < -0.4 is 0 Å². The predicted octanol–water partition coefficient (Wildman–Crippen LogP) is 1.42. The van der Waals surface area contributed by atoms with E-state index in [4.69, 9.17) is 0 Å². The summed E-state index contributed by atoms with van der Waals surface area (Å²) in [5.74, 6) is 1.35. The summed E-state index contributed by atoms with van der Waals surface area (Å²) >= 11 is 0. The van der Waals surface area contributed by atoms with Crippen molar-refractivity contribution < 1.29 is 4.79 Å². The maximum atomic E-state index is 12.5. The van der Waals surface area contributed by atoms with Crippen molar-refractivity contribution in [3.05, 3.63) is 47.5 Å². The van der Waals surface area contributed by atoms with E-state index in [-0.39, 0.29) is 11.4 Å². The van der Waals surface area contributed by atoms with Crippen molar-refractivity contribution >= 4 is 5.91 Å². The van der Waals surface area contributed by atoms with Gasteiger partial charge in [0.25, 0.3) is 5.91 Å². The number of likely N-dealkylation sites (N-methyl/N-ethyl adjacent to an activating group) is 1. The number of fused-ring (bicyclic) bond motifs is 2. The Bertz CT molecular complexity index is 807. The molecule has 0 radical (unpaired) electrons. The maximum absolute atomic E-state index is 12.5. The van der Waals surface area contributed by atoms with Crippen LogP contribution in [0.2, 0.25) is 0 Å². The lowest BCUT2D eigenvalue weighted by Crippen LogP contribution is -2.56. The lowest BCUT2D eigenvalue weighted by Gasteiger charge is -2.49. The first-order valence-corrected chi connectivity index (χ1v) is 9.64. The van der Waals surface area contributed by atoms with Crippen molar-refractivity contribution in [1.29, 1.82) is 0 Å². The molecule has 0 bridgehead atoms. The lowest BCUT2D eigenvalue weighted by molar-refractivity contribution is 0.00601. The predicted molar refractivity (Wildman–Crippen MR) is 103 cm³/mol. The summed E-state index contributed by atoms with van der Waals surface area (Å²) in [5, 5.41) is 8.77. The van der Waals surface area contributed by atoms with Gasteiger partial charge in [0.15, 0.2) is 5.82 Å². The van der Waals surface area contributed by atoms with Gasteiger partial charge in [-0.05, 0) is 25.5 Å². The van der Waals surface area contributed by atoms with Crippen molar-refractivity contribution in [3.63, 3.8) is 0 Å². The average molecular weight is 368 g/mol. The molecular formula is C20H28N6O. The molecule has 0 aliphatic carbocycles. The maximum Gasteiger partial charge on any atom is 0.291 e. The fourth-order valence-electron chi connectivity index (χ4n) is 4.38. The number of nitrogens with zero attached hydrogens (tertiary/aromatic N) is 6. The number of piperidine rings is 1. The van der Waals surface area contributed by atoms with Gasteiger partial charge >= 0.3 is 0 Å². The summed E-state index contributed by atoms with van der Waals surface area (Å²) in [6.45, 7) is 4.70. The Balaban J connectivity index is 1.55. The Kier molecular flexibility index (Phi) is 4.74. The Labute approximate surface area is 160 Å². The van der Waals surface area contributed by atoms with Crippen LogP contribution in [0.3, 0.4) is 0 Å². The Morgan fingerprint density at radius 3 is 2.44 bits per heavy atom. The third-order valence-electron chi connectivity index (χ3n) is 6.09. The molecule has 2 aliphatic rings. The minimum absolute atomic E-state index is 0.0741. The third-order valence-corrected chi connectivity index (χ3v) is 6.09. The molecule has 0 atom stereocenters. The van der Waals surface area contributed by atoms with Crippen LogP contribution in [0.1, 0.15) is 34.8 Å². The summed E-state index contributed by atoms with van der Waals surface area (Å²) in [6.07, 6.45) is 2.01. The molecule has 4 rings (SSSR count). The largest absolute Gasteiger partial charge is 0.342 e. The fourth-order valence-corrected chi connectivity index (χ4v) is 4.38. The van der Waals surface area contributed by atoms with Gasteiger partial charge in [-0.2, -0.15) is 0 Å². The molecule has 7 nitrogen and oxygen atoms in total. The van der Waals surface area contributed by atoms with Crippen LogP contribution >= 0.6 is 0 Å². The summed E-state index contributed by atoms with van der Waals surface area (Å²) in [7, 11) is 5.70. The number of hydrogen-bond donors (Lipinski definition) is 0. The number of benzene rings is 1. The Morgan fingerprint density at radius 1 is 1.07 bits per heavy atom. The third kappa shape index (κ3) is 3.15. The zero-order valence-electron chi connectivity index (χ0n) is 16.4. The number of carbonyl (C=O) groups excluding carboxylic acids is 1. The Hall–Kier alpha value is -2.25. The molecule has 1 amide bonds. The summed E-state index contributed by atoms with van der Waals surface area (Å²) in [5.41, 5.74) is 1.23. The standard InChI is InChI=1S/C20H28N6O/c1-23(2)18(27)17-21-22-19-20(24(3)13-14-26(17)19)9-11-25(12-10-20)15-16-7-5-4-6-8-16/h4-8H,9-15H2,1-3H3.